The molecular weight excluding hydrogens is 320 g/mol. The van der Waals surface area contributed by atoms with Crippen molar-refractivity contribution in [2.75, 3.05) is 31.1 Å². The minimum absolute atomic E-state index is 0.111. The van der Waals surface area contributed by atoms with E-state index in [0.717, 1.165) is 56.0 Å². The predicted molar refractivity (Wildman–Crippen MR) is 94.6 cm³/mol. The first kappa shape index (κ1) is 18.1. The molecule has 7 heteroatoms. The highest BCUT2D eigenvalue weighted by Gasteiger charge is 2.30. The monoisotopic (exact) mass is 348 g/mol. The van der Waals surface area contributed by atoms with Gasteiger partial charge in [-0.25, -0.2) is 9.97 Å². The van der Waals surface area contributed by atoms with Crippen LogP contribution < -0.4 is 10.2 Å². The topological polar surface area (TPSA) is 98.6 Å². The zero-order chi connectivity index (χ0) is 18.0. The predicted octanol–water partition coefficient (Wildman–Crippen LogP) is 0.531. The van der Waals surface area contributed by atoms with Crippen LogP contribution in [0.4, 0.5) is 5.82 Å². The summed E-state index contributed by atoms with van der Waals surface area (Å²) in [5, 5.41) is 21.9. The van der Waals surface area contributed by atoms with Crippen molar-refractivity contribution < 1.29 is 15.0 Å². The maximum atomic E-state index is 12.3. The number of anilines is 1. The number of nitrogens with zero attached hydrogens (tertiary/aromatic N) is 3. The van der Waals surface area contributed by atoms with E-state index in [1.807, 2.05) is 0 Å². The van der Waals surface area contributed by atoms with Gasteiger partial charge in [0.05, 0.1) is 12.7 Å². The summed E-state index contributed by atoms with van der Waals surface area (Å²) in [5.74, 6) is 2.03. The van der Waals surface area contributed by atoms with Crippen molar-refractivity contribution >= 4 is 11.7 Å². The first-order valence-electron chi connectivity index (χ1n) is 9.21. The molecular formula is C18H28N4O3. The molecule has 0 saturated carbocycles. The lowest BCUT2D eigenvalue weighted by atomic mass is 9.91. The van der Waals surface area contributed by atoms with Crippen molar-refractivity contribution in [3.8, 4) is 0 Å². The Morgan fingerprint density at radius 3 is 2.64 bits per heavy atom. The summed E-state index contributed by atoms with van der Waals surface area (Å²) >= 11 is 0. The van der Waals surface area contributed by atoms with Gasteiger partial charge in [-0.15, -0.1) is 0 Å². The molecule has 2 aliphatic rings. The summed E-state index contributed by atoms with van der Waals surface area (Å²) in [7, 11) is 0. The lowest BCUT2D eigenvalue weighted by Crippen LogP contribution is -2.41. The third-order valence-corrected chi connectivity index (χ3v) is 5.07. The van der Waals surface area contributed by atoms with E-state index < -0.39 is 6.10 Å². The van der Waals surface area contributed by atoms with E-state index in [9.17, 15) is 9.90 Å². The zero-order valence-electron chi connectivity index (χ0n) is 15.0. The van der Waals surface area contributed by atoms with Crippen LogP contribution in [0.5, 0.6) is 0 Å². The maximum absolute atomic E-state index is 12.3. The molecule has 3 rings (SSSR count). The van der Waals surface area contributed by atoms with Gasteiger partial charge in [-0.1, -0.05) is 13.8 Å². The number of carbonyl (C=O) groups excluding carboxylic acids is 1. The standard InChI is InChI=1S/C18H28N4O3/c1-11(2)9-15-20-16-13(3-6-19-18(16)25)17(21-15)22-7-4-12(5-8-22)14(24)10-23/h11-12,14,23-24H,3-10H2,1-2H3,(H,19,25). The molecule has 0 aromatic carbocycles. The summed E-state index contributed by atoms with van der Waals surface area (Å²) in [6, 6.07) is 0. The minimum Gasteiger partial charge on any atom is -0.394 e. The van der Waals surface area contributed by atoms with Gasteiger partial charge in [-0.05, 0) is 31.1 Å². The molecule has 25 heavy (non-hydrogen) atoms. The van der Waals surface area contributed by atoms with Gasteiger partial charge >= 0.3 is 0 Å². The highest BCUT2D eigenvalue weighted by atomic mass is 16.3. The number of amides is 1. The largest absolute Gasteiger partial charge is 0.394 e. The Hall–Kier alpha value is -1.73. The quantitative estimate of drug-likeness (QED) is 0.718. The van der Waals surface area contributed by atoms with E-state index in [1.165, 1.54) is 0 Å². The normalized spacial score (nSPS) is 19.7. The number of fused-ring (bicyclic) bond motifs is 1. The van der Waals surface area contributed by atoms with Crippen LogP contribution >= 0.6 is 0 Å². The molecule has 0 spiro atoms. The molecule has 1 unspecified atom stereocenters. The fourth-order valence-corrected chi connectivity index (χ4v) is 3.68. The molecule has 3 heterocycles. The molecule has 1 atom stereocenters. The van der Waals surface area contributed by atoms with E-state index in [1.54, 1.807) is 0 Å². The Morgan fingerprint density at radius 2 is 2.00 bits per heavy atom. The maximum Gasteiger partial charge on any atom is 0.270 e. The van der Waals surface area contributed by atoms with E-state index in [-0.39, 0.29) is 18.4 Å². The Balaban J connectivity index is 1.87. The number of rotatable bonds is 5. The molecule has 3 N–H and O–H groups in total. The summed E-state index contributed by atoms with van der Waals surface area (Å²) in [5.41, 5.74) is 1.46. The first-order valence-corrected chi connectivity index (χ1v) is 9.21. The second-order valence-electron chi connectivity index (χ2n) is 7.47. The molecule has 2 aliphatic heterocycles. The number of nitrogens with one attached hydrogen (secondary N) is 1. The molecule has 0 aliphatic carbocycles. The average Bonchev–Trinajstić information content (AvgIpc) is 2.61. The van der Waals surface area contributed by atoms with Gasteiger partial charge in [0.15, 0.2) is 0 Å². The van der Waals surface area contributed by atoms with Crippen LogP contribution in [0.2, 0.25) is 0 Å². The molecule has 1 amide bonds. The molecule has 1 aromatic rings. The van der Waals surface area contributed by atoms with Gasteiger partial charge in [0.25, 0.3) is 5.91 Å². The molecule has 1 aromatic heterocycles. The van der Waals surface area contributed by atoms with Gasteiger partial charge in [0.2, 0.25) is 0 Å². The number of aliphatic hydroxyl groups is 2. The lowest BCUT2D eigenvalue weighted by Gasteiger charge is -2.36. The molecule has 7 nitrogen and oxygen atoms in total. The molecule has 0 bridgehead atoms. The van der Waals surface area contributed by atoms with Crippen LogP contribution in [-0.2, 0) is 12.8 Å². The summed E-state index contributed by atoms with van der Waals surface area (Å²) in [6.45, 7) is 6.20. The zero-order valence-corrected chi connectivity index (χ0v) is 15.0. The van der Waals surface area contributed by atoms with Crippen LogP contribution in [-0.4, -0.2) is 58.4 Å². The van der Waals surface area contributed by atoms with Gasteiger partial charge in [-0.3, -0.25) is 4.79 Å². The van der Waals surface area contributed by atoms with Gasteiger partial charge in [-0.2, -0.15) is 0 Å². The highest BCUT2D eigenvalue weighted by Crippen LogP contribution is 2.29. The van der Waals surface area contributed by atoms with Gasteiger partial charge < -0.3 is 20.4 Å². The van der Waals surface area contributed by atoms with Crippen molar-refractivity contribution in [2.45, 2.75) is 45.6 Å². The van der Waals surface area contributed by atoms with Crippen LogP contribution in [0.3, 0.4) is 0 Å². The van der Waals surface area contributed by atoms with E-state index in [2.05, 4.69) is 29.0 Å². The number of hydrogen-bond acceptors (Lipinski definition) is 6. The number of hydrogen-bond donors (Lipinski definition) is 3. The third kappa shape index (κ3) is 3.93. The molecule has 138 valence electrons. The second kappa shape index (κ2) is 7.66. The van der Waals surface area contributed by atoms with Crippen molar-refractivity contribution in [1.29, 1.82) is 0 Å². The van der Waals surface area contributed by atoms with Gasteiger partial charge in [0.1, 0.15) is 17.3 Å². The number of piperidine rings is 1. The van der Waals surface area contributed by atoms with Gasteiger partial charge in [0, 0.05) is 31.6 Å². The minimum atomic E-state index is -0.649. The second-order valence-corrected chi connectivity index (χ2v) is 7.47. The van der Waals surface area contributed by atoms with E-state index >= 15 is 0 Å². The lowest BCUT2D eigenvalue weighted by molar-refractivity contribution is 0.0376. The summed E-state index contributed by atoms with van der Waals surface area (Å²) < 4.78 is 0. The Labute approximate surface area is 148 Å². The van der Waals surface area contributed by atoms with Crippen LogP contribution in [0.15, 0.2) is 0 Å². The van der Waals surface area contributed by atoms with Crippen molar-refractivity contribution in [1.82, 2.24) is 15.3 Å². The van der Waals surface area contributed by atoms with Crippen molar-refractivity contribution in [3.05, 3.63) is 17.1 Å². The first-order chi connectivity index (χ1) is 12.0. The van der Waals surface area contributed by atoms with Crippen LogP contribution in [0.25, 0.3) is 0 Å². The SMILES string of the molecule is CC(C)Cc1nc2c(c(N3CCC(C(O)CO)CC3)n1)CCNC2=O. The van der Waals surface area contributed by atoms with Crippen LogP contribution in [0.1, 0.15) is 48.6 Å². The number of aliphatic hydroxyl groups excluding tert-OH is 2. The van der Waals surface area contributed by atoms with Crippen molar-refractivity contribution in [2.24, 2.45) is 11.8 Å². The number of aromatic nitrogens is 2. The van der Waals surface area contributed by atoms with E-state index in [0.29, 0.717) is 18.2 Å². The summed E-state index contributed by atoms with van der Waals surface area (Å²) in [6.07, 6.45) is 2.47. The fourth-order valence-electron chi connectivity index (χ4n) is 3.68. The van der Waals surface area contributed by atoms with Crippen LogP contribution in [0, 0.1) is 11.8 Å². The van der Waals surface area contributed by atoms with Crippen molar-refractivity contribution in [3.63, 3.8) is 0 Å². The fraction of sp³-hybridized carbons (Fsp3) is 0.722. The third-order valence-electron chi connectivity index (χ3n) is 5.07. The Bertz CT molecular complexity index is 627. The molecule has 1 fully saturated rings. The Kier molecular flexibility index (Phi) is 5.54. The smallest absolute Gasteiger partial charge is 0.270 e. The molecule has 0 radical (unpaired) electrons. The number of carbonyl (C=O) groups is 1. The average molecular weight is 348 g/mol. The summed E-state index contributed by atoms with van der Waals surface area (Å²) in [4.78, 5) is 23.8. The Morgan fingerprint density at radius 1 is 1.28 bits per heavy atom. The highest BCUT2D eigenvalue weighted by molar-refractivity contribution is 5.96. The molecule has 1 saturated heterocycles. The van der Waals surface area contributed by atoms with E-state index in [4.69, 9.17) is 10.1 Å².